The number of benzene rings is 1. The highest BCUT2D eigenvalue weighted by atomic mass is 35.5. The van der Waals surface area contributed by atoms with E-state index in [4.69, 9.17) is 27.9 Å². The van der Waals surface area contributed by atoms with Crippen molar-refractivity contribution >= 4 is 40.8 Å². The van der Waals surface area contributed by atoms with Gasteiger partial charge < -0.3 is 9.64 Å². The van der Waals surface area contributed by atoms with Crippen LogP contribution in [-0.2, 0) is 20.7 Å². The fraction of sp³-hybridized carbons (Fsp3) is 0.500. The number of carbonyl (C=O) groups excluding carboxylic acids is 2. The number of hydrogen-bond donors (Lipinski definition) is 0. The van der Waals surface area contributed by atoms with Gasteiger partial charge in [0.15, 0.2) is 0 Å². The summed E-state index contributed by atoms with van der Waals surface area (Å²) >= 11 is 12.6. The zero-order valence-corrected chi connectivity index (χ0v) is 13.8. The molecule has 1 fully saturated rings. The van der Waals surface area contributed by atoms with Gasteiger partial charge in [-0.1, -0.05) is 23.2 Å². The Morgan fingerprint density at radius 3 is 2.91 bits per heavy atom. The molecule has 0 radical (unpaired) electrons. The van der Waals surface area contributed by atoms with Gasteiger partial charge in [-0.2, -0.15) is 0 Å². The molecule has 2 aliphatic heterocycles. The molecule has 4 nitrogen and oxygen atoms in total. The first-order chi connectivity index (χ1) is 10.5. The lowest BCUT2D eigenvalue weighted by atomic mass is 9.97. The van der Waals surface area contributed by atoms with Gasteiger partial charge in [-0.3, -0.25) is 9.59 Å². The summed E-state index contributed by atoms with van der Waals surface area (Å²) in [6, 6.07) is 1.82. The molecule has 22 heavy (non-hydrogen) atoms. The number of carbonyl (C=O) groups is 2. The molecule has 0 aromatic heterocycles. The summed E-state index contributed by atoms with van der Waals surface area (Å²) in [5, 5.41) is 1.22. The summed E-state index contributed by atoms with van der Waals surface area (Å²) in [6.07, 6.45) is 2.36. The Kier molecular flexibility index (Phi) is 4.33. The minimum absolute atomic E-state index is 0.000219. The number of ether oxygens (including phenoxy) is 1. The quantitative estimate of drug-likeness (QED) is 0.773. The Morgan fingerprint density at radius 2 is 2.23 bits per heavy atom. The number of nitrogens with zero attached hydrogens (tertiary/aromatic N) is 1. The largest absolute Gasteiger partial charge is 0.465 e. The molecule has 1 aromatic rings. The number of halogens is 2. The first-order valence-electron chi connectivity index (χ1n) is 7.41. The molecule has 0 bridgehead atoms. The van der Waals surface area contributed by atoms with Gasteiger partial charge in [0.1, 0.15) is 0 Å². The van der Waals surface area contributed by atoms with E-state index in [-0.39, 0.29) is 17.8 Å². The Balaban J connectivity index is 1.85. The molecule has 2 heterocycles. The van der Waals surface area contributed by atoms with E-state index in [1.807, 2.05) is 13.0 Å². The van der Waals surface area contributed by atoms with Gasteiger partial charge in [0.05, 0.1) is 18.1 Å². The summed E-state index contributed by atoms with van der Waals surface area (Å²) in [5.41, 5.74) is 2.65. The number of esters is 1. The average Bonchev–Trinajstić information content (AvgIpc) is 2.89. The number of anilines is 1. The van der Waals surface area contributed by atoms with Gasteiger partial charge in [0.25, 0.3) is 0 Å². The van der Waals surface area contributed by atoms with Gasteiger partial charge in [0.2, 0.25) is 5.91 Å². The van der Waals surface area contributed by atoms with E-state index in [1.54, 1.807) is 4.90 Å². The zero-order valence-electron chi connectivity index (χ0n) is 12.3. The molecule has 0 aliphatic carbocycles. The van der Waals surface area contributed by atoms with Crippen molar-refractivity contribution in [3.8, 4) is 0 Å². The third-order valence-electron chi connectivity index (χ3n) is 4.32. The SMILES string of the molecule is Cc1c(Cl)cc2c(c1Cl)CCCN2C(=O)C[C@H]1COC(=O)C1. The molecule has 0 saturated carbocycles. The summed E-state index contributed by atoms with van der Waals surface area (Å²) in [7, 11) is 0. The molecule has 1 atom stereocenters. The van der Waals surface area contributed by atoms with Crippen molar-refractivity contribution in [2.75, 3.05) is 18.1 Å². The van der Waals surface area contributed by atoms with Crippen LogP contribution in [0.3, 0.4) is 0 Å². The topological polar surface area (TPSA) is 46.6 Å². The lowest BCUT2D eigenvalue weighted by Crippen LogP contribution is -2.36. The van der Waals surface area contributed by atoms with Crippen molar-refractivity contribution in [2.24, 2.45) is 5.92 Å². The van der Waals surface area contributed by atoms with Crippen LogP contribution in [0.25, 0.3) is 0 Å². The molecule has 118 valence electrons. The predicted octanol–water partition coefficient (Wildman–Crippen LogP) is 3.53. The lowest BCUT2D eigenvalue weighted by molar-refractivity contribution is -0.138. The van der Waals surface area contributed by atoms with Crippen molar-refractivity contribution in [3.63, 3.8) is 0 Å². The van der Waals surface area contributed by atoms with Crippen molar-refractivity contribution in [3.05, 3.63) is 27.2 Å². The summed E-state index contributed by atoms with van der Waals surface area (Å²) in [6.45, 7) is 2.87. The Hall–Kier alpha value is -1.26. The van der Waals surface area contributed by atoms with Crippen molar-refractivity contribution in [1.29, 1.82) is 0 Å². The first kappa shape index (κ1) is 15.6. The number of cyclic esters (lactones) is 1. The molecular formula is C16H17Cl2NO3. The lowest BCUT2D eigenvalue weighted by Gasteiger charge is -2.31. The fourth-order valence-corrected chi connectivity index (χ4v) is 3.62. The number of rotatable bonds is 2. The van der Waals surface area contributed by atoms with Gasteiger partial charge in [-0.15, -0.1) is 0 Å². The molecule has 2 aliphatic rings. The van der Waals surface area contributed by atoms with Crippen LogP contribution in [0.4, 0.5) is 5.69 Å². The summed E-state index contributed by atoms with van der Waals surface area (Å²) < 4.78 is 4.93. The van der Waals surface area contributed by atoms with E-state index in [2.05, 4.69) is 0 Å². The highest BCUT2D eigenvalue weighted by Gasteiger charge is 2.31. The Bertz CT molecular complexity index is 645. The fourth-order valence-electron chi connectivity index (χ4n) is 3.08. The van der Waals surface area contributed by atoms with Crippen LogP contribution >= 0.6 is 23.2 Å². The van der Waals surface area contributed by atoms with Crippen molar-refractivity contribution in [1.82, 2.24) is 0 Å². The minimum atomic E-state index is -0.224. The van der Waals surface area contributed by atoms with Crippen LogP contribution in [0, 0.1) is 12.8 Å². The highest BCUT2D eigenvalue weighted by molar-refractivity contribution is 6.37. The van der Waals surface area contributed by atoms with E-state index in [0.717, 1.165) is 29.7 Å². The Labute approximate surface area is 139 Å². The molecule has 6 heteroatoms. The van der Waals surface area contributed by atoms with Crippen LogP contribution in [0.2, 0.25) is 10.0 Å². The van der Waals surface area contributed by atoms with Crippen molar-refractivity contribution < 1.29 is 14.3 Å². The smallest absolute Gasteiger partial charge is 0.306 e. The van der Waals surface area contributed by atoms with Crippen LogP contribution in [0.1, 0.15) is 30.4 Å². The molecule has 1 aromatic carbocycles. The second-order valence-corrected chi connectivity index (χ2v) is 6.69. The monoisotopic (exact) mass is 341 g/mol. The molecule has 1 amide bonds. The normalized spacial score (nSPS) is 20.8. The maximum Gasteiger partial charge on any atom is 0.306 e. The second-order valence-electron chi connectivity index (χ2n) is 5.90. The second kappa shape index (κ2) is 6.09. The maximum atomic E-state index is 12.6. The van der Waals surface area contributed by atoms with Crippen LogP contribution in [0.15, 0.2) is 6.07 Å². The average molecular weight is 342 g/mol. The van der Waals surface area contributed by atoms with Gasteiger partial charge in [-0.05, 0) is 37.0 Å². The predicted molar refractivity (Wildman–Crippen MR) is 85.6 cm³/mol. The van der Waals surface area contributed by atoms with E-state index in [9.17, 15) is 9.59 Å². The number of hydrogen-bond acceptors (Lipinski definition) is 3. The molecule has 0 unspecified atom stereocenters. The molecule has 0 spiro atoms. The zero-order chi connectivity index (χ0) is 15.9. The first-order valence-corrected chi connectivity index (χ1v) is 8.16. The Morgan fingerprint density at radius 1 is 1.45 bits per heavy atom. The number of fused-ring (bicyclic) bond motifs is 1. The van der Waals surface area contributed by atoms with Crippen LogP contribution in [0.5, 0.6) is 0 Å². The minimum Gasteiger partial charge on any atom is -0.465 e. The van der Waals surface area contributed by atoms with E-state index >= 15 is 0 Å². The maximum absolute atomic E-state index is 12.6. The van der Waals surface area contributed by atoms with Gasteiger partial charge in [0, 0.05) is 29.6 Å². The van der Waals surface area contributed by atoms with Gasteiger partial charge >= 0.3 is 5.97 Å². The number of amides is 1. The highest BCUT2D eigenvalue weighted by Crippen LogP contribution is 2.39. The molecular weight excluding hydrogens is 325 g/mol. The summed E-state index contributed by atoms with van der Waals surface area (Å²) in [5.74, 6) is -0.249. The molecule has 1 saturated heterocycles. The van der Waals surface area contributed by atoms with Crippen molar-refractivity contribution in [2.45, 2.75) is 32.6 Å². The van der Waals surface area contributed by atoms with E-state index < -0.39 is 0 Å². The summed E-state index contributed by atoms with van der Waals surface area (Å²) in [4.78, 5) is 25.5. The van der Waals surface area contributed by atoms with E-state index in [0.29, 0.717) is 36.0 Å². The van der Waals surface area contributed by atoms with Gasteiger partial charge in [-0.25, -0.2) is 0 Å². The standard InChI is InChI=1S/C16H17Cl2NO3/c1-9-12(17)7-13-11(16(9)18)3-2-4-19(13)14(20)5-10-6-15(21)22-8-10/h7,10H,2-6,8H2,1H3/t10-/m1/s1. The van der Waals surface area contributed by atoms with E-state index in [1.165, 1.54) is 0 Å². The third kappa shape index (κ3) is 2.82. The molecule has 3 rings (SSSR count). The van der Waals surface area contributed by atoms with Crippen LogP contribution < -0.4 is 4.90 Å². The molecule has 0 N–H and O–H groups in total. The third-order valence-corrected chi connectivity index (χ3v) is 5.23. The van der Waals surface area contributed by atoms with Crippen LogP contribution in [-0.4, -0.2) is 25.0 Å².